The van der Waals surface area contributed by atoms with Crippen LogP contribution in [-0.2, 0) is 11.3 Å². The largest absolute Gasteiger partial charge is 0.490 e. The maximum atomic E-state index is 12.0. The molecule has 5 aromatic rings. The van der Waals surface area contributed by atoms with E-state index in [1.54, 1.807) is 24.4 Å². The molecule has 0 aliphatic rings. The summed E-state index contributed by atoms with van der Waals surface area (Å²) in [6, 6.07) is 10.8. The van der Waals surface area contributed by atoms with Crippen molar-refractivity contribution in [1.82, 2.24) is 19.9 Å². The van der Waals surface area contributed by atoms with Crippen LogP contribution in [0.25, 0.3) is 31.8 Å². The van der Waals surface area contributed by atoms with Gasteiger partial charge in [-0.3, -0.25) is 5.32 Å². The number of rotatable bonds is 9. The van der Waals surface area contributed by atoms with Gasteiger partial charge in [0.15, 0.2) is 0 Å². The van der Waals surface area contributed by atoms with Crippen LogP contribution in [-0.4, -0.2) is 58.6 Å². The monoisotopic (exact) mass is 547 g/mol. The number of aliphatic hydroxyl groups is 1. The predicted octanol–water partition coefficient (Wildman–Crippen LogP) is 4.75. The number of ether oxygens (including phenoxy) is 4. The number of benzene rings is 2. The van der Waals surface area contributed by atoms with Gasteiger partial charge in [0.1, 0.15) is 24.0 Å². The molecule has 0 atom stereocenters. The van der Waals surface area contributed by atoms with Crippen molar-refractivity contribution in [3.63, 3.8) is 0 Å². The van der Waals surface area contributed by atoms with E-state index in [1.165, 1.54) is 31.8 Å². The zero-order valence-electron chi connectivity index (χ0n) is 21.4. The number of aromatic nitrogens is 4. The summed E-state index contributed by atoms with van der Waals surface area (Å²) in [6.45, 7) is 2.05. The van der Waals surface area contributed by atoms with Gasteiger partial charge < -0.3 is 24.1 Å². The molecule has 1 amide bonds. The summed E-state index contributed by atoms with van der Waals surface area (Å²) in [6.07, 6.45) is 2.43. The number of carbonyl (C=O) groups excluding carboxylic acids is 1. The van der Waals surface area contributed by atoms with Gasteiger partial charge in [-0.1, -0.05) is 0 Å². The smallest absolute Gasteiger partial charge is 0.411 e. The third-order valence-electron chi connectivity index (χ3n) is 5.74. The number of pyridine rings is 1. The molecule has 3 heterocycles. The summed E-state index contributed by atoms with van der Waals surface area (Å²) in [5.74, 6) is 1.48. The Morgan fingerprint density at radius 1 is 0.974 bits per heavy atom. The Hall–Kier alpha value is -4.55. The van der Waals surface area contributed by atoms with E-state index in [0.717, 1.165) is 26.4 Å². The summed E-state index contributed by atoms with van der Waals surface area (Å²) in [7, 11) is 3.05. The van der Waals surface area contributed by atoms with Crippen LogP contribution in [0.3, 0.4) is 0 Å². The highest BCUT2D eigenvalue weighted by Gasteiger charge is 2.16. The number of hydrogen-bond acceptors (Lipinski definition) is 11. The second-order valence-corrected chi connectivity index (χ2v) is 9.42. The van der Waals surface area contributed by atoms with Crippen LogP contribution in [0.4, 0.5) is 10.5 Å². The molecular weight excluding hydrogens is 522 g/mol. The third kappa shape index (κ3) is 5.81. The first kappa shape index (κ1) is 26.1. The molecule has 0 saturated heterocycles. The summed E-state index contributed by atoms with van der Waals surface area (Å²) >= 11 is 1.49. The number of nitrogens with one attached hydrogen (secondary N) is 1. The van der Waals surface area contributed by atoms with Crippen molar-refractivity contribution in [2.24, 2.45) is 0 Å². The van der Waals surface area contributed by atoms with Gasteiger partial charge >= 0.3 is 6.09 Å². The first-order valence-electron chi connectivity index (χ1n) is 11.9. The average molecular weight is 548 g/mol. The summed E-state index contributed by atoms with van der Waals surface area (Å²) < 4.78 is 22.2. The van der Waals surface area contributed by atoms with E-state index in [-0.39, 0.29) is 19.8 Å². The van der Waals surface area contributed by atoms with Gasteiger partial charge in [0.05, 0.1) is 60.2 Å². The molecule has 12 heteroatoms. The van der Waals surface area contributed by atoms with Crippen molar-refractivity contribution in [2.45, 2.75) is 13.5 Å². The fraction of sp³-hybridized carbons (Fsp3) is 0.222. The van der Waals surface area contributed by atoms with Crippen molar-refractivity contribution in [3.8, 4) is 28.1 Å². The van der Waals surface area contributed by atoms with Crippen molar-refractivity contribution in [1.29, 1.82) is 0 Å². The molecule has 0 aliphatic carbocycles. The minimum atomic E-state index is -0.609. The lowest BCUT2D eigenvalue weighted by Gasteiger charge is -2.09. The Bertz CT molecular complexity index is 1630. The van der Waals surface area contributed by atoms with Gasteiger partial charge in [0, 0.05) is 11.6 Å². The first-order valence-corrected chi connectivity index (χ1v) is 12.7. The Kier molecular flexibility index (Phi) is 7.66. The number of anilines is 1. The third-order valence-corrected chi connectivity index (χ3v) is 6.78. The van der Waals surface area contributed by atoms with E-state index >= 15 is 0 Å². The van der Waals surface area contributed by atoms with E-state index in [1.807, 2.05) is 25.1 Å². The van der Waals surface area contributed by atoms with Crippen molar-refractivity contribution in [3.05, 3.63) is 59.9 Å². The van der Waals surface area contributed by atoms with E-state index in [4.69, 9.17) is 23.9 Å². The molecule has 3 aromatic heterocycles. The maximum Gasteiger partial charge on any atom is 0.411 e. The molecule has 0 saturated carbocycles. The highest BCUT2D eigenvalue weighted by Crippen LogP contribution is 2.37. The molecule has 0 fully saturated rings. The Labute approximate surface area is 227 Å². The predicted molar refractivity (Wildman–Crippen MR) is 147 cm³/mol. The molecule has 200 valence electrons. The standard InChI is InChI=1S/C27H25N5O6S/c1-15-8-18(37-6-7-38-27(34)30-17-4-5-22(35-2)28-12-17)11-21-24(15)32-26(39-21)19-9-16(14-33)10-20-25(19)29-13-23(31-20)36-3/h4-5,8-13,33H,6-7,14H2,1-3H3,(H,30,34). The topological polar surface area (TPSA) is 138 Å². The number of hydrogen-bond donors (Lipinski definition) is 2. The zero-order valence-corrected chi connectivity index (χ0v) is 22.2. The second-order valence-electron chi connectivity index (χ2n) is 8.39. The van der Waals surface area contributed by atoms with E-state index in [0.29, 0.717) is 39.8 Å². The fourth-order valence-electron chi connectivity index (χ4n) is 3.90. The zero-order chi connectivity index (χ0) is 27.4. The lowest BCUT2D eigenvalue weighted by molar-refractivity contribution is 0.138. The molecule has 0 radical (unpaired) electrons. The fourth-order valence-corrected chi connectivity index (χ4v) is 4.99. The molecule has 11 nitrogen and oxygen atoms in total. The minimum Gasteiger partial charge on any atom is -0.490 e. The highest BCUT2D eigenvalue weighted by atomic mass is 32.1. The number of methoxy groups -OCH3 is 2. The highest BCUT2D eigenvalue weighted by molar-refractivity contribution is 7.21. The maximum absolute atomic E-state index is 12.0. The van der Waals surface area contributed by atoms with Gasteiger partial charge in [-0.15, -0.1) is 11.3 Å². The molecule has 5 rings (SSSR count). The quantitative estimate of drug-likeness (QED) is 0.249. The van der Waals surface area contributed by atoms with Crippen molar-refractivity contribution in [2.75, 3.05) is 32.8 Å². The minimum absolute atomic E-state index is 0.0581. The number of aryl methyl sites for hydroxylation is 1. The second kappa shape index (κ2) is 11.5. The molecule has 0 spiro atoms. The number of nitrogens with zero attached hydrogens (tertiary/aromatic N) is 4. The van der Waals surface area contributed by atoms with Crippen LogP contribution in [0.5, 0.6) is 17.5 Å². The van der Waals surface area contributed by atoms with Crippen LogP contribution >= 0.6 is 11.3 Å². The Morgan fingerprint density at radius 3 is 2.56 bits per heavy atom. The molecule has 0 aliphatic heterocycles. The van der Waals surface area contributed by atoms with Gasteiger partial charge in [0.2, 0.25) is 11.8 Å². The molecular formula is C27H25N5O6S. The molecule has 39 heavy (non-hydrogen) atoms. The SMILES string of the molecule is COc1ccc(NC(=O)OCCOc2cc(C)c3nc(-c4cc(CO)cc5nc(OC)cnc45)sc3c2)cn1. The normalized spacial score (nSPS) is 11.0. The number of carbonyl (C=O) groups is 1. The summed E-state index contributed by atoms with van der Waals surface area (Å²) in [5, 5.41) is 13.1. The Morgan fingerprint density at radius 2 is 1.82 bits per heavy atom. The van der Waals surface area contributed by atoms with Crippen LogP contribution in [0.2, 0.25) is 0 Å². The van der Waals surface area contributed by atoms with Crippen LogP contribution in [0.1, 0.15) is 11.1 Å². The molecule has 2 aromatic carbocycles. The lowest BCUT2D eigenvalue weighted by atomic mass is 10.1. The first-order chi connectivity index (χ1) is 19.0. The van der Waals surface area contributed by atoms with Crippen molar-refractivity contribution >= 4 is 44.4 Å². The number of aliphatic hydroxyl groups excluding tert-OH is 1. The van der Waals surface area contributed by atoms with E-state index in [2.05, 4.69) is 20.3 Å². The van der Waals surface area contributed by atoms with Gasteiger partial charge in [0.25, 0.3) is 0 Å². The van der Waals surface area contributed by atoms with Gasteiger partial charge in [-0.2, -0.15) is 0 Å². The summed E-state index contributed by atoms with van der Waals surface area (Å²) in [5.41, 5.74) is 5.03. The van der Waals surface area contributed by atoms with Gasteiger partial charge in [-0.25, -0.2) is 24.7 Å². The summed E-state index contributed by atoms with van der Waals surface area (Å²) in [4.78, 5) is 29.9. The lowest BCUT2D eigenvalue weighted by Crippen LogP contribution is -2.17. The molecule has 2 N–H and O–H groups in total. The van der Waals surface area contributed by atoms with Gasteiger partial charge in [-0.05, 0) is 48.4 Å². The van der Waals surface area contributed by atoms with Crippen molar-refractivity contribution < 1.29 is 28.8 Å². The van der Waals surface area contributed by atoms with E-state index in [9.17, 15) is 9.90 Å². The van der Waals surface area contributed by atoms with Crippen LogP contribution in [0, 0.1) is 6.92 Å². The van der Waals surface area contributed by atoms with Crippen LogP contribution in [0.15, 0.2) is 48.8 Å². The van der Waals surface area contributed by atoms with Crippen LogP contribution < -0.4 is 19.5 Å². The van der Waals surface area contributed by atoms with E-state index < -0.39 is 6.09 Å². The molecule has 0 unspecified atom stereocenters. The molecule has 0 bridgehead atoms. The number of amides is 1. The number of thiazole rings is 1. The number of fused-ring (bicyclic) bond motifs is 2. The average Bonchev–Trinajstić information content (AvgIpc) is 3.39. The Balaban J connectivity index is 1.28.